The molecule has 1 aromatic heterocycles. The number of carbonyl (C=O) groups excluding carboxylic acids is 1. The smallest absolute Gasteiger partial charge is 0.239 e. The molecule has 1 rings (SSSR count). The number of rotatable bonds is 6. The van der Waals surface area contributed by atoms with E-state index in [1.165, 1.54) is 0 Å². The fourth-order valence-corrected chi connectivity index (χ4v) is 1.20. The van der Waals surface area contributed by atoms with Gasteiger partial charge in [-0.3, -0.25) is 4.79 Å². The minimum atomic E-state index is -0.811. The van der Waals surface area contributed by atoms with Crippen molar-refractivity contribution < 1.29 is 4.79 Å². The van der Waals surface area contributed by atoms with Gasteiger partial charge in [-0.2, -0.15) is 0 Å². The van der Waals surface area contributed by atoms with Crippen LogP contribution in [0.15, 0.2) is 24.4 Å². The molecule has 0 unspecified atom stereocenters. The summed E-state index contributed by atoms with van der Waals surface area (Å²) in [7, 11) is 0. The minimum Gasteiger partial charge on any atom is -0.370 e. The van der Waals surface area contributed by atoms with Gasteiger partial charge in [-0.25, -0.2) is 4.98 Å². The normalized spacial score (nSPS) is 11.0. The third-order valence-corrected chi connectivity index (χ3v) is 2.20. The van der Waals surface area contributed by atoms with E-state index >= 15 is 0 Å². The molecule has 0 aromatic carbocycles. The summed E-state index contributed by atoms with van der Waals surface area (Å²) >= 11 is 0. The molecule has 1 aromatic rings. The van der Waals surface area contributed by atoms with Crippen LogP contribution in [0.25, 0.3) is 0 Å². The fraction of sp³-hybridized carbons (Fsp3) is 0.500. The number of aromatic nitrogens is 1. The second kappa shape index (κ2) is 6.20. The highest BCUT2D eigenvalue weighted by atomic mass is 16.2. The minimum absolute atomic E-state index is 0.129. The van der Waals surface area contributed by atoms with E-state index < -0.39 is 5.54 Å². The number of nitrogens with one attached hydrogen (secondary N) is 2. The Labute approximate surface area is 102 Å². The van der Waals surface area contributed by atoms with Gasteiger partial charge in [-0.15, -0.1) is 0 Å². The van der Waals surface area contributed by atoms with Crippen molar-refractivity contribution >= 4 is 11.7 Å². The second-order valence-electron chi connectivity index (χ2n) is 4.47. The molecule has 0 radical (unpaired) electrons. The van der Waals surface area contributed by atoms with Crippen molar-refractivity contribution in [2.24, 2.45) is 5.73 Å². The first kappa shape index (κ1) is 13.4. The Morgan fingerprint density at radius 3 is 2.76 bits per heavy atom. The summed E-state index contributed by atoms with van der Waals surface area (Å²) in [5, 5.41) is 5.95. The van der Waals surface area contributed by atoms with Crippen LogP contribution in [0.2, 0.25) is 0 Å². The largest absolute Gasteiger partial charge is 0.370 e. The van der Waals surface area contributed by atoms with E-state index in [4.69, 9.17) is 5.73 Å². The van der Waals surface area contributed by atoms with Crippen LogP contribution >= 0.6 is 0 Å². The van der Waals surface area contributed by atoms with Crippen molar-refractivity contribution in [3.05, 3.63) is 24.4 Å². The lowest BCUT2D eigenvalue weighted by Crippen LogP contribution is -2.49. The quantitative estimate of drug-likeness (QED) is 0.636. The van der Waals surface area contributed by atoms with E-state index in [0.29, 0.717) is 6.54 Å². The number of nitrogens with two attached hydrogens (primary N) is 1. The van der Waals surface area contributed by atoms with Crippen molar-refractivity contribution in [2.75, 3.05) is 18.4 Å². The van der Waals surface area contributed by atoms with Crippen molar-refractivity contribution in [1.29, 1.82) is 0 Å². The van der Waals surface area contributed by atoms with Gasteiger partial charge in [0.05, 0.1) is 5.54 Å². The molecular formula is C12H20N4O. The van der Waals surface area contributed by atoms with E-state index in [1.54, 1.807) is 20.0 Å². The maximum Gasteiger partial charge on any atom is 0.239 e. The summed E-state index contributed by atoms with van der Waals surface area (Å²) in [6.45, 7) is 4.75. The molecule has 0 aliphatic carbocycles. The molecule has 5 nitrogen and oxygen atoms in total. The zero-order valence-corrected chi connectivity index (χ0v) is 10.4. The zero-order valence-electron chi connectivity index (χ0n) is 10.4. The number of hydrogen-bond acceptors (Lipinski definition) is 4. The van der Waals surface area contributed by atoms with Crippen LogP contribution < -0.4 is 16.4 Å². The molecule has 0 saturated heterocycles. The van der Waals surface area contributed by atoms with Crippen LogP contribution in [0.3, 0.4) is 0 Å². The topological polar surface area (TPSA) is 80.0 Å². The Morgan fingerprint density at radius 1 is 1.41 bits per heavy atom. The number of hydrogen-bond donors (Lipinski definition) is 3. The van der Waals surface area contributed by atoms with Gasteiger partial charge in [-0.05, 0) is 32.4 Å². The number of pyridine rings is 1. The van der Waals surface area contributed by atoms with Gasteiger partial charge in [0, 0.05) is 19.3 Å². The van der Waals surface area contributed by atoms with Crippen molar-refractivity contribution in [2.45, 2.75) is 25.8 Å². The monoisotopic (exact) mass is 236 g/mol. The van der Waals surface area contributed by atoms with Crippen molar-refractivity contribution in [1.82, 2.24) is 10.3 Å². The van der Waals surface area contributed by atoms with Crippen LogP contribution in [-0.2, 0) is 4.79 Å². The van der Waals surface area contributed by atoms with E-state index in [2.05, 4.69) is 15.6 Å². The predicted molar refractivity (Wildman–Crippen MR) is 68.6 cm³/mol. The summed E-state index contributed by atoms with van der Waals surface area (Å²) in [5.74, 6) is 0.716. The molecule has 1 heterocycles. The number of carbonyl (C=O) groups is 1. The maximum atomic E-state index is 11.4. The Kier molecular flexibility index (Phi) is 4.90. The van der Waals surface area contributed by atoms with E-state index in [9.17, 15) is 4.79 Å². The third kappa shape index (κ3) is 5.31. The average Bonchev–Trinajstić information content (AvgIpc) is 2.28. The first-order valence-electron chi connectivity index (χ1n) is 5.72. The van der Waals surface area contributed by atoms with Gasteiger partial charge in [0.15, 0.2) is 0 Å². The zero-order chi connectivity index (χ0) is 12.7. The Morgan fingerprint density at radius 2 is 2.18 bits per heavy atom. The van der Waals surface area contributed by atoms with E-state index in [0.717, 1.165) is 18.8 Å². The van der Waals surface area contributed by atoms with Crippen molar-refractivity contribution in [3.8, 4) is 0 Å². The molecule has 0 saturated carbocycles. The SMILES string of the molecule is CC(C)(N)C(=O)NCCCNc1ccccn1. The van der Waals surface area contributed by atoms with Crippen molar-refractivity contribution in [3.63, 3.8) is 0 Å². The summed E-state index contributed by atoms with van der Waals surface area (Å²) in [4.78, 5) is 15.6. The summed E-state index contributed by atoms with van der Waals surface area (Å²) in [6, 6.07) is 5.70. The summed E-state index contributed by atoms with van der Waals surface area (Å²) in [6.07, 6.45) is 2.57. The molecule has 17 heavy (non-hydrogen) atoms. The lowest BCUT2D eigenvalue weighted by atomic mass is 10.1. The molecule has 0 fully saturated rings. The molecule has 0 spiro atoms. The fourth-order valence-electron chi connectivity index (χ4n) is 1.20. The molecule has 0 atom stereocenters. The van der Waals surface area contributed by atoms with Gasteiger partial charge in [0.25, 0.3) is 0 Å². The molecule has 4 N–H and O–H groups in total. The molecule has 0 aliphatic heterocycles. The van der Waals surface area contributed by atoms with E-state index in [-0.39, 0.29) is 5.91 Å². The molecule has 5 heteroatoms. The van der Waals surface area contributed by atoms with E-state index in [1.807, 2.05) is 18.2 Å². The van der Waals surface area contributed by atoms with Gasteiger partial charge < -0.3 is 16.4 Å². The van der Waals surface area contributed by atoms with Gasteiger partial charge in [0.1, 0.15) is 5.82 Å². The Bertz CT molecular complexity index is 345. The number of anilines is 1. The highest BCUT2D eigenvalue weighted by Gasteiger charge is 2.20. The molecule has 0 aliphatic rings. The van der Waals surface area contributed by atoms with Crippen LogP contribution in [0.1, 0.15) is 20.3 Å². The first-order chi connectivity index (χ1) is 8.00. The standard InChI is InChI=1S/C12H20N4O/c1-12(2,13)11(17)16-9-5-8-15-10-6-3-4-7-14-10/h3-4,6-7H,5,8-9,13H2,1-2H3,(H,14,15)(H,16,17). The lowest BCUT2D eigenvalue weighted by Gasteiger charge is -2.17. The second-order valence-corrected chi connectivity index (χ2v) is 4.47. The molecule has 1 amide bonds. The van der Waals surface area contributed by atoms with Gasteiger partial charge >= 0.3 is 0 Å². The van der Waals surface area contributed by atoms with Crippen LogP contribution in [0.4, 0.5) is 5.82 Å². The predicted octanol–water partition coefficient (Wildman–Crippen LogP) is 0.737. The van der Waals surface area contributed by atoms with Gasteiger partial charge in [-0.1, -0.05) is 6.07 Å². The summed E-state index contributed by atoms with van der Waals surface area (Å²) in [5.41, 5.74) is 4.84. The maximum absolute atomic E-state index is 11.4. The van der Waals surface area contributed by atoms with Crippen LogP contribution in [-0.4, -0.2) is 29.5 Å². The third-order valence-electron chi connectivity index (χ3n) is 2.20. The highest BCUT2D eigenvalue weighted by Crippen LogP contribution is 1.99. The van der Waals surface area contributed by atoms with Crippen LogP contribution in [0.5, 0.6) is 0 Å². The lowest BCUT2D eigenvalue weighted by molar-refractivity contribution is -0.125. The van der Waals surface area contributed by atoms with Crippen LogP contribution in [0, 0.1) is 0 Å². The Balaban J connectivity index is 2.12. The van der Waals surface area contributed by atoms with Gasteiger partial charge in [0.2, 0.25) is 5.91 Å². The first-order valence-corrected chi connectivity index (χ1v) is 5.72. The molecule has 94 valence electrons. The molecule has 0 bridgehead atoms. The molecular weight excluding hydrogens is 216 g/mol. The highest BCUT2D eigenvalue weighted by molar-refractivity contribution is 5.84. The number of nitrogens with zero attached hydrogens (tertiary/aromatic N) is 1. The number of amides is 1. The Hall–Kier alpha value is -1.62. The summed E-state index contributed by atoms with van der Waals surface area (Å²) < 4.78 is 0. The average molecular weight is 236 g/mol.